The van der Waals surface area contributed by atoms with Crippen molar-refractivity contribution >= 4 is 17.4 Å². The van der Waals surface area contributed by atoms with Gasteiger partial charge in [0, 0.05) is 11.1 Å². The Labute approximate surface area is 201 Å². The van der Waals surface area contributed by atoms with Crippen LogP contribution in [0.25, 0.3) is 5.76 Å². The number of hydrogen-bond acceptors (Lipinski definition) is 8. The van der Waals surface area contributed by atoms with E-state index in [9.17, 15) is 14.7 Å². The van der Waals surface area contributed by atoms with Crippen LogP contribution in [-0.4, -0.2) is 49.1 Å². The molecule has 0 bridgehead atoms. The zero-order chi connectivity index (χ0) is 24.5. The minimum atomic E-state index is -0.960. The van der Waals surface area contributed by atoms with Gasteiger partial charge >= 0.3 is 0 Å². The fourth-order valence-electron chi connectivity index (χ4n) is 4.34. The van der Waals surface area contributed by atoms with Gasteiger partial charge in [-0.15, -0.1) is 0 Å². The van der Waals surface area contributed by atoms with Crippen molar-refractivity contribution in [2.75, 3.05) is 27.4 Å². The van der Waals surface area contributed by atoms with Crippen molar-refractivity contribution in [2.24, 2.45) is 0 Å². The molecule has 2 aromatic carbocycles. The Hall–Kier alpha value is -4.40. The minimum absolute atomic E-state index is 0.0144. The number of likely N-dealkylation sites (tertiary alicyclic amines) is 1. The van der Waals surface area contributed by atoms with Gasteiger partial charge in [0.2, 0.25) is 0 Å². The Bertz CT molecular complexity index is 1310. The first-order valence-electron chi connectivity index (χ1n) is 10.9. The van der Waals surface area contributed by atoms with E-state index in [2.05, 4.69) is 0 Å². The second-order valence-corrected chi connectivity index (χ2v) is 7.97. The molecule has 5 rings (SSSR count). The fraction of sp³-hybridized carbons (Fsp3) is 0.231. The highest BCUT2D eigenvalue weighted by Gasteiger charge is 2.47. The van der Waals surface area contributed by atoms with Gasteiger partial charge in [0.15, 0.2) is 11.5 Å². The van der Waals surface area contributed by atoms with Crippen LogP contribution >= 0.6 is 0 Å². The zero-order valence-corrected chi connectivity index (χ0v) is 19.1. The first-order valence-corrected chi connectivity index (χ1v) is 10.9. The average molecular weight is 477 g/mol. The zero-order valence-electron chi connectivity index (χ0n) is 19.1. The topological polar surface area (TPSA) is 108 Å². The van der Waals surface area contributed by atoms with Gasteiger partial charge in [-0.2, -0.15) is 0 Å². The monoisotopic (exact) mass is 477 g/mol. The summed E-state index contributed by atoms with van der Waals surface area (Å²) in [5, 5.41) is 11.4. The lowest BCUT2D eigenvalue weighted by Gasteiger charge is -2.26. The van der Waals surface area contributed by atoms with E-state index in [1.54, 1.807) is 48.5 Å². The lowest BCUT2D eigenvalue weighted by atomic mass is 9.94. The number of ketones is 1. The van der Waals surface area contributed by atoms with Gasteiger partial charge in [-0.3, -0.25) is 9.59 Å². The van der Waals surface area contributed by atoms with Crippen molar-refractivity contribution in [1.29, 1.82) is 0 Å². The Morgan fingerprint density at radius 1 is 1.03 bits per heavy atom. The summed E-state index contributed by atoms with van der Waals surface area (Å²) < 4.78 is 27.5. The summed E-state index contributed by atoms with van der Waals surface area (Å²) in [6.45, 7) is 0.804. The maximum absolute atomic E-state index is 13.3. The molecule has 9 nitrogen and oxygen atoms in total. The molecule has 3 aromatic rings. The van der Waals surface area contributed by atoms with E-state index in [0.717, 1.165) is 0 Å². The Morgan fingerprint density at radius 3 is 2.54 bits per heavy atom. The molecule has 35 heavy (non-hydrogen) atoms. The highest BCUT2D eigenvalue weighted by Crippen LogP contribution is 2.45. The Balaban J connectivity index is 1.69. The van der Waals surface area contributed by atoms with E-state index in [4.69, 9.17) is 23.4 Å². The molecule has 1 N–H and O–H groups in total. The molecule has 3 heterocycles. The number of rotatable bonds is 6. The molecule has 1 amide bonds. The second-order valence-electron chi connectivity index (χ2n) is 7.97. The standard InChI is InChI=1S/C26H23NO8/c1-31-16-6-8-19(32-2)18(13-16)23-22(25(29)26(30)27(23)14-17-4-3-9-33-17)24(28)15-5-7-20-21(12-15)35-11-10-34-20/h3-9,12-13,23,28H,10-11,14H2,1-2H3/b24-22+. The molecule has 0 spiro atoms. The van der Waals surface area contributed by atoms with Crippen molar-refractivity contribution in [3.63, 3.8) is 0 Å². The molecular formula is C26H23NO8. The molecule has 1 aromatic heterocycles. The van der Waals surface area contributed by atoms with Crippen LogP contribution in [0.5, 0.6) is 23.0 Å². The number of hydrogen-bond donors (Lipinski definition) is 1. The molecular weight excluding hydrogens is 454 g/mol. The fourth-order valence-corrected chi connectivity index (χ4v) is 4.34. The van der Waals surface area contributed by atoms with Gasteiger partial charge in [-0.05, 0) is 48.5 Å². The van der Waals surface area contributed by atoms with Gasteiger partial charge in [0.1, 0.15) is 36.2 Å². The molecule has 1 fully saturated rings. The van der Waals surface area contributed by atoms with Gasteiger partial charge in [0.05, 0.1) is 38.6 Å². The maximum Gasteiger partial charge on any atom is 0.296 e. The lowest BCUT2D eigenvalue weighted by molar-refractivity contribution is -0.140. The summed E-state index contributed by atoms with van der Waals surface area (Å²) in [5.41, 5.74) is 0.721. The lowest BCUT2D eigenvalue weighted by Crippen LogP contribution is -2.29. The number of fused-ring (bicyclic) bond motifs is 1. The van der Waals surface area contributed by atoms with Crippen LogP contribution in [0.15, 0.2) is 64.8 Å². The summed E-state index contributed by atoms with van der Waals surface area (Å²) in [6, 6.07) is 12.4. The van der Waals surface area contributed by atoms with Crippen LogP contribution in [0.4, 0.5) is 0 Å². The highest BCUT2D eigenvalue weighted by molar-refractivity contribution is 6.46. The van der Waals surface area contributed by atoms with Gasteiger partial charge < -0.3 is 33.4 Å². The molecule has 9 heteroatoms. The third-order valence-electron chi connectivity index (χ3n) is 5.99. The molecule has 0 radical (unpaired) electrons. The molecule has 0 saturated carbocycles. The number of carbonyl (C=O) groups is 2. The number of benzene rings is 2. The molecule has 2 aliphatic rings. The number of furan rings is 1. The van der Waals surface area contributed by atoms with Crippen molar-refractivity contribution < 1.29 is 38.1 Å². The molecule has 1 atom stereocenters. The van der Waals surface area contributed by atoms with Gasteiger partial charge in [-0.25, -0.2) is 0 Å². The summed E-state index contributed by atoms with van der Waals surface area (Å²) in [7, 11) is 3.01. The number of methoxy groups -OCH3 is 2. The third kappa shape index (κ3) is 3.95. The minimum Gasteiger partial charge on any atom is -0.507 e. The quantitative estimate of drug-likeness (QED) is 0.325. The third-order valence-corrected chi connectivity index (χ3v) is 5.99. The van der Waals surface area contributed by atoms with Crippen LogP contribution in [0, 0.1) is 0 Å². The van der Waals surface area contributed by atoms with Crippen LogP contribution in [0.1, 0.15) is 22.9 Å². The number of amides is 1. The number of aliphatic hydroxyl groups is 1. The van der Waals surface area contributed by atoms with Crippen LogP contribution in [0.3, 0.4) is 0 Å². The number of Topliss-reactive ketones (excluding diaryl/α,β-unsaturated/α-hetero) is 1. The first-order chi connectivity index (χ1) is 17.0. The van der Waals surface area contributed by atoms with Crippen LogP contribution in [-0.2, 0) is 16.1 Å². The van der Waals surface area contributed by atoms with Gasteiger partial charge in [0.25, 0.3) is 11.7 Å². The van der Waals surface area contributed by atoms with E-state index >= 15 is 0 Å². The van der Waals surface area contributed by atoms with Crippen molar-refractivity contribution in [2.45, 2.75) is 12.6 Å². The normalized spacial score (nSPS) is 18.6. The number of nitrogens with zero attached hydrogens (tertiary/aromatic N) is 1. The van der Waals surface area contributed by atoms with Crippen molar-refractivity contribution in [3.05, 3.63) is 77.3 Å². The second kappa shape index (κ2) is 9.09. The summed E-state index contributed by atoms with van der Waals surface area (Å²) in [5.74, 6) is 0.473. The van der Waals surface area contributed by atoms with E-state index in [-0.39, 0.29) is 17.9 Å². The number of aliphatic hydroxyl groups excluding tert-OH is 1. The molecule has 1 saturated heterocycles. The summed E-state index contributed by atoms with van der Waals surface area (Å²) >= 11 is 0. The summed E-state index contributed by atoms with van der Waals surface area (Å²) in [6.07, 6.45) is 1.49. The first kappa shape index (κ1) is 22.4. The number of ether oxygens (including phenoxy) is 4. The average Bonchev–Trinajstić information content (AvgIpc) is 3.50. The Kier molecular flexibility index (Phi) is 5.82. The van der Waals surface area contributed by atoms with E-state index in [0.29, 0.717) is 53.1 Å². The molecule has 0 aliphatic carbocycles. The molecule has 2 aliphatic heterocycles. The van der Waals surface area contributed by atoms with E-state index in [1.807, 2.05) is 0 Å². The smallest absolute Gasteiger partial charge is 0.296 e. The van der Waals surface area contributed by atoms with Crippen molar-refractivity contribution in [1.82, 2.24) is 4.90 Å². The number of carbonyl (C=O) groups excluding carboxylic acids is 2. The van der Waals surface area contributed by atoms with E-state index < -0.39 is 17.7 Å². The maximum atomic E-state index is 13.3. The predicted molar refractivity (Wildman–Crippen MR) is 124 cm³/mol. The Morgan fingerprint density at radius 2 is 1.83 bits per heavy atom. The molecule has 180 valence electrons. The molecule has 1 unspecified atom stereocenters. The highest BCUT2D eigenvalue weighted by atomic mass is 16.6. The van der Waals surface area contributed by atoms with Gasteiger partial charge in [-0.1, -0.05) is 0 Å². The largest absolute Gasteiger partial charge is 0.507 e. The summed E-state index contributed by atoms with van der Waals surface area (Å²) in [4.78, 5) is 27.9. The van der Waals surface area contributed by atoms with E-state index in [1.165, 1.54) is 25.4 Å². The van der Waals surface area contributed by atoms with Crippen LogP contribution in [0.2, 0.25) is 0 Å². The predicted octanol–water partition coefficient (Wildman–Crippen LogP) is 3.69. The van der Waals surface area contributed by atoms with Crippen molar-refractivity contribution in [3.8, 4) is 23.0 Å². The SMILES string of the molecule is COc1ccc(OC)c(C2/C(=C(\O)c3ccc4c(c3)OCCO4)C(=O)C(=O)N2Cc2ccco2)c1. The van der Waals surface area contributed by atoms with Crippen LogP contribution < -0.4 is 18.9 Å².